The van der Waals surface area contributed by atoms with Crippen LogP contribution in [0.3, 0.4) is 0 Å². The van der Waals surface area contributed by atoms with Gasteiger partial charge >= 0.3 is 0 Å². The largest absolute Gasteiger partial charge is 0.394 e. The van der Waals surface area contributed by atoms with Gasteiger partial charge in [-0.05, 0) is 74.5 Å². The first-order valence-corrected chi connectivity index (χ1v) is 15.6. The van der Waals surface area contributed by atoms with E-state index in [1.807, 2.05) is 6.92 Å². The highest BCUT2D eigenvalue weighted by Crippen LogP contribution is 2.66. The van der Waals surface area contributed by atoms with Gasteiger partial charge in [0.1, 0.15) is 42.7 Å². The summed E-state index contributed by atoms with van der Waals surface area (Å²) in [6.07, 6.45) is -9.83. The lowest BCUT2D eigenvalue weighted by molar-refractivity contribution is -0.375. The number of rotatable bonds is 6. The second kappa shape index (κ2) is 11.9. The molecule has 2 aliphatic heterocycles. The molecule has 0 bridgehead atoms. The van der Waals surface area contributed by atoms with Gasteiger partial charge < -0.3 is 54.7 Å². The summed E-state index contributed by atoms with van der Waals surface area (Å²) in [4.78, 5) is 0. The minimum Gasteiger partial charge on any atom is -0.394 e. The van der Waals surface area contributed by atoms with Crippen molar-refractivity contribution in [2.45, 2.75) is 140 Å². The summed E-state index contributed by atoms with van der Waals surface area (Å²) in [6.45, 7) is 13.8. The van der Waals surface area contributed by atoms with E-state index in [1.54, 1.807) is 0 Å². The van der Waals surface area contributed by atoms with Crippen LogP contribution in [0.2, 0.25) is 0 Å². The van der Waals surface area contributed by atoms with E-state index in [4.69, 9.17) is 18.9 Å². The van der Waals surface area contributed by atoms with Crippen molar-refractivity contribution in [1.82, 2.24) is 0 Å². The lowest BCUT2D eigenvalue weighted by Crippen LogP contribution is -2.65. The monoisotopic (exact) mass is 600 g/mol. The van der Waals surface area contributed by atoms with E-state index in [-0.39, 0.29) is 40.8 Å². The predicted octanol–water partition coefficient (Wildman–Crippen LogP) is 0.449. The molecule has 0 radical (unpaired) electrons. The first kappa shape index (κ1) is 32.7. The van der Waals surface area contributed by atoms with Crippen molar-refractivity contribution in [2.75, 3.05) is 6.61 Å². The number of hydrogen-bond acceptors (Lipinski definition) is 11. The highest BCUT2D eigenvalue weighted by molar-refractivity contribution is 5.15. The molecule has 5 fully saturated rings. The molecule has 0 spiro atoms. The van der Waals surface area contributed by atoms with Crippen LogP contribution in [0.1, 0.15) is 66.7 Å². The number of aliphatic hydroxyl groups is 7. The van der Waals surface area contributed by atoms with Crippen molar-refractivity contribution in [3.63, 3.8) is 0 Å². The molecule has 5 rings (SSSR count). The maximum atomic E-state index is 11.1. The van der Waals surface area contributed by atoms with Crippen molar-refractivity contribution in [2.24, 2.45) is 34.5 Å². The van der Waals surface area contributed by atoms with Crippen LogP contribution in [0.5, 0.6) is 0 Å². The number of hydrogen-bond donors (Lipinski definition) is 7. The van der Waals surface area contributed by atoms with Gasteiger partial charge in [-0.1, -0.05) is 32.9 Å². The quantitative estimate of drug-likeness (QED) is 0.166. The van der Waals surface area contributed by atoms with Crippen molar-refractivity contribution in [3.05, 3.63) is 12.2 Å². The minimum atomic E-state index is -1.62. The van der Waals surface area contributed by atoms with Crippen LogP contribution in [0.4, 0.5) is 0 Å². The van der Waals surface area contributed by atoms with E-state index in [0.717, 1.165) is 31.3 Å². The highest BCUT2D eigenvalue weighted by atomic mass is 16.8. The van der Waals surface area contributed by atoms with Crippen LogP contribution in [-0.4, -0.2) is 116 Å². The Morgan fingerprint density at radius 1 is 0.833 bits per heavy atom. The molecule has 11 heteroatoms. The van der Waals surface area contributed by atoms with E-state index >= 15 is 0 Å². The summed E-state index contributed by atoms with van der Waals surface area (Å²) in [5.41, 5.74) is 0.706. The van der Waals surface area contributed by atoms with Crippen LogP contribution in [0.15, 0.2) is 12.2 Å². The molecule has 2 saturated heterocycles. The lowest BCUT2D eigenvalue weighted by Gasteiger charge is -2.61. The molecule has 42 heavy (non-hydrogen) atoms. The average Bonchev–Trinajstić information content (AvgIpc) is 3.29. The predicted molar refractivity (Wildman–Crippen MR) is 150 cm³/mol. The summed E-state index contributed by atoms with van der Waals surface area (Å²) in [5, 5.41) is 73.6. The van der Waals surface area contributed by atoms with Gasteiger partial charge in [-0.25, -0.2) is 0 Å². The Morgan fingerprint density at radius 2 is 1.52 bits per heavy atom. The Labute approximate surface area is 248 Å². The van der Waals surface area contributed by atoms with E-state index < -0.39 is 68.0 Å². The zero-order chi connectivity index (χ0) is 30.9. The molecule has 0 aromatic heterocycles. The second-order valence-corrected chi connectivity index (χ2v) is 14.6. The molecular weight excluding hydrogens is 548 g/mol. The zero-order valence-electron chi connectivity index (χ0n) is 25.5. The third-order valence-electron chi connectivity index (χ3n) is 11.8. The first-order chi connectivity index (χ1) is 19.6. The number of aliphatic hydroxyl groups excluding tert-OH is 7. The van der Waals surface area contributed by atoms with E-state index in [9.17, 15) is 35.7 Å². The SMILES string of the molecule is C=C(C)[C@H]1C[C@@H]2[C@@H](CC[C@H]3C(C)(C)[C@@H](O[C@@H]4O[C@H](CO)[C@@H](O)[C@H](O)[C@H]4O[C@@H]4O[C@@H](C)[C@H](O)[C@@H](O)[C@H]4O)CC[C@]23C)[C@@H]1O. The van der Waals surface area contributed by atoms with Gasteiger partial charge in [-0.15, -0.1) is 0 Å². The fourth-order valence-electron chi connectivity index (χ4n) is 9.31. The van der Waals surface area contributed by atoms with Crippen LogP contribution >= 0.6 is 0 Å². The van der Waals surface area contributed by atoms with Gasteiger partial charge in [-0.3, -0.25) is 0 Å². The van der Waals surface area contributed by atoms with Crippen LogP contribution in [-0.2, 0) is 18.9 Å². The molecule has 3 saturated carbocycles. The van der Waals surface area contributed by atoms with Gasteiger partial charge in [0.05, 0.1) is 24.9 Å². The van der Waals surface area contributed by atoms with Crippen molar-refractivity contribution >= 4 is 0 Å². The Bertz CT molecular complexity index is 977. The maximum Gasteiger partial charge on any atom is 0.187 e. The topological polar surface area (TPSA) is 179 Å². The zero-order valence-corrected chi connectivity index (χ0v) is 25.5. The molecule has 3 aliphatic carbocycles. The number of ether oxygens (including phenoxy) is 4. The smallest absolute Gasteiger partial charge is 0.187 e. The van der Waals surface area contributed by atoms with Gasteiger partial charge in [0.15, 0.2) is 12.6 Å². The summed E-state index contributed by atoms with van der Waals surface area (Å²) < 4.78 is 24.1. The minimum absolute atomic E-state index is 0.00270. The average molecular weight is 601 g/mol. The molecule has 11 nitrogen and oxygen atoms in total. The van der Waals surface area contributed by atoms with Crippen molar-refractivity contribution in [3.8, 4) is 0 Å². The van der Waals surface area contributed by atoms with E-state index in [0.29, 0.717) is 12.3 Å². The third-order valence-corrected chi connectivity index (χ3v) is 11.8. The van der Waals surface area contributed by atoms with Crippen LogP contribution in [0, 0.1) is 34.5 Å². The van der Waals surface area contributed by atoms with Gasteiger partial charge in [-0.2, -0.15) is 0 Å². The second-order valence-electron chi connectivity index (χ2n) is 14.6. The lowest BCUT2D eigenvalue weighted by atomic mass is 9.46. The van der Waals surface area contributed by atoms with E-state index in [1.165, 1.54) is 6.92 Å². The summed E-state index contributed by atoms with van der Waals surface area (Å²) in [6, 6.07) is 0. The van der Waals surface area contributed by atoms with Gasteiger partial charge in [0.25, 0.3) is 0 Å². The maximum absolute atomic E-state index is 11.1. The molecule has 242 valence electrons. The van der Waals surface area contributed by atoms with Crippen molar-refractivity contribution < 1.29 is 54.7 Å². The molecule has 0 unspecified atom stereocenters. The molecule has 17 atom stereocenters. The molecule has 0 aromatic carbocycles. The van der Waals surface area contributed by atoms with Crippen LogP contribution in [0.25, 0.3) is 0 Å². The Kier molecular flexibility index (Phi) is 9.27. The normalized spacial score (nSPS) is 54.2. The Balaban J connectivity index is 1.36. The first-order valence-electron chi connectivity index (χ1n) is 15.6. The molecule has 5 aliphatic rings. The third kappa shape index (κ3) is 5.30. The molecule has 2 heterocycles. The standard InChI is InChI=1S/C31H52O11/c1-13(2)16-11-17-15(22(16)34)7-8-19-30(4,5)20(9-10-31(17,19)6)41-29-27(25(37)23(35)18(12-32)40-29)42-28-26(38)24(36)21(33)14(3)39-28/h14-29,32-38H,1,7-12H2,2-6H3/t14-,15+,16+,17+,18+,19-,20-,21-,22-,23+,24+,25-,26+,27+,28-,29-,31+/m0/s1. The summed E-state index contributed by atoms with van der Waals surface area (Å²) in [7, 11) is 0. The van der Waals surface area contributed by atoms with Crippen molar-refractivity contribution in [1.29, 1.82) is 0 Å². The fourth-order valence-corrected chi connectivity index (χ4v) is 9.31. The number of fused-ring (bicyclic) bond motifs is 3. The highest BCUT2D eigenvalue weighted by Gasteiger charge is 2.62. The van der Waals surface area contributed by atoms with Gasteiger partial charge in [0, 0.05) is 5.92 Å². The summed E-state index contributed by atoms with van der Waals surface area (Å²) >= 11 is 0. The van der Waals surface area contributed by atoms with Crippen LogP contribution < -0.4 is 0 Å². The fraction of sp³-hybridized carbons (Fsp3) is 0.935. The Hall–Kier alpha value is -0.700. The summed E-state index contributed by atoms with van der Waals surface area (Å²) in [5.74, 6) is 1.03. The molecule has 0 amide bonds. The molecule has 7 N–H and O–H groups in total. The molecule has 0 aromatic rings. The van der Waals surface area contributed by atoms with E-state index in [2.05, 4.69) is 27.4 Å². The Morgan fingerprint density at radius 3 is 2.17 bits per heavy atom. The molecular formula is C31H52O11. The van der Waals surface area contributed by atoms with Gasteiger partial charge in [0.2, 0.25) is 0 Å².